The summed E-state index contributed by atoms with van der Waals surface area (Å²) in [7, 11) is 0. The molecule has 2 atom stereocenters. The predicted molar refractivity (Wildman–Crippen MR) is 80.0 cm³/mol. The average molecular weight is 292 g/mol. The largest absolute Gasteiger partial charge is 0.328 e. The van der Waals surface area contributed by atoms with Crippen LogP contribution in [-0.4, -0.2) is 40.9 Å². The second-order valence-corrected chi connectivity index (χ2v) is 5.43. The van der Waals surface area contributed by atoms with Gasteiger partial charge in [0.25, 0.3) is 5.69 Å². The molecular formula is C14H20N4O3. The van der Waals surface area contributed by atoms with Crippen molar-refractivity contribution in [3.63, 3.8) is 0 Å². The van der Waals surface area contributed by atoms with E-state index in [0.717, 1.165) is 19.4 Å². The molecule has 1 fully saturated rings. The molecule has 114 valence electrons. The van der Waals surface area contributed by atoms with Crippen molar-refractivity contribution < 1.29 is 9.72 Å². The third kappa shape index (κ3) is 3.99. The number of nitro benzene ring substituents is 1. The Morgan fingerprint density at radius 2 is 2.24 bits per heavy atom. The van der Waals surface area contributed by atoms with Crippen LogP contribution in [0, 0.1) is 10.1 Å². The van der Waals surface area contributed by atoms with E-state index in [0.29, 0.717) is 0 Å². The van der Waals surface area contributed by atoms with Gasteiger partial charge in [0, 0.05) is 24.7 Å². The number of hydrogen-bond donors (Lipinski definition) is 2. The second-order valence-electron chi connectivity index (χ2n) is 5.43. The van der Waals surface area contributed by atoms with E-state index < -0.39 is 4.92 Å². The molecule has 1 heterocycles. The Bertz CT molecular complexity index is 535. The number of anilines is 1. The molecule has 21 heavy (non-hydrogen) atoms. The second kappa shape index (κ2) is 6.64. The number of likely N-dealkylation sites (tertiary alicyclic amines) is 1. The molecule has 1 aliphatic rings. The lowest BCUT2D eigenvalue weighted by Crippen LogP contribution is -2.48. The van der Waals surface area contributed by atoms with Gasteiger partial charge in [0.15, 0.2) is 0 Å². The molecule has 2 unspecified atom stereocenters. The number of rotatable bonds is 4. The lowest BCUT2D eigenvalue weighted by atomic mass is 9.99. The lowest BCUT2D eigenvalue weighted by molar-refractivity contribution is -0.383. The number of carbonyl (C=O) groups excluding carboxylic acids is 1. The van der Waals surface area contributed by atoms with Gasteiger partial charge in [-0.15, -0.1) is 0 Å². The third-order valence-electron chi connectivity index (χ3n) is 3.78. The first kappa shape index (κ1) is 15.4. The number of hydrogen-bond acceptors (Lipinski definition) is 5. The Labute approximate surface area is 123 Å². The van der Waals surface area contributed by atoms with E-state index in [-0.39, 0.29) is 35.9 Å². The van der Waals surface area contributed by atoms with Crippen molar-refractivity contribution in [3.8, 4) is 0 Å². The molecule has 0 bridgehead atoms. The maximum Gasteiger partial charge on any atom is 0.292 e. The topological polar surface area (TPSA) is 102 Å². The highest BCUT2D eigenvalue weighted by atomic mass is 16.6. The van der Waals surface area contributed by atoms with E-state index in [4.69, 9.17) is 5.73 Å². The summed E-state index contributed by atoms with van der Waals surface area (Å²) in [5, 5.41) is 13.5. The van der Waals surface area contributed by atoms with Gasteiger partial charge in [-0.25, -0.2) is 0 Å². The Morgan fingerprint density at radius 3 is 2.90 bits per heavy atom. The molecule has 1 aromatic carbocycles. The van der Waals surface area contributed by atoms with Crippen LogP contribution in [-0.2, 0) is 4.79 Å². The van der Waals surface area contributed by atoms with Crippen molar-refractivity contribution in [2.45, 2.75) is 31.8 Å². The third-order valence-corrected chi connectivity index (χ3v) is 3.78. The normalized spacial score (nSPS) is 22.8. The van der Waals surface area contributed by atoms with Crippen molar-refractivity contribution in [1.29, 1.82) is 0 Å². The molecule has 0 saturated carbocycles. The fourth-order valence-electron chi connectivity index (χ4n) is 2.60. The summed E-state index contributed by atoms with van der Waals surface area (Å²) in [6.07, 6.45) is 1.72. The van der Waals surface area contributed by atoms with E-state index in [2.05, 4.69) is 5.32 Å². The standard InChI is InChI=1S/C14H20N4O3/c1-10-8-11(15)6-7-17(10)9-14(19)16-12-4-2-3-5-13(12)18(20)21/h2-5,10-11H,6-9,15H2,1H3,(H,16,19). The van der Waals surface area contributed by atoms with E-state index in [9.17, 15) is 14.9 Å². The van der Waals surface area contributed by atoms with Gasteiger partial charge in [0.05, 0.1) is 11.5 Å². The number of para-hydroxylation sites is 2. The first-order valence-electron chi connectivity index (χ1n) is 7.00. The average Bonchev–Trinajstić information content (AvgIpc) is 2.42. The smallest absolute Gasteiger partial charge is 0.292 e. The molecule has 0 spiro atoms. The number of nitrogens with two attached hydrogens (primary N) is 1. The quantitative estimate of drug-likeness (QED) is 0.644. The summed E-state index contributed by atoms with van der Waals surface area (Å²) >= 11 is 0. The molecule has 1 aliphatic heterocycles. The Hall–Kier alpha value is -1.99. The summed E-state index contributed by atoms with van der Waals surface area (Å²) in [6, 6.07) is 6.57. The van der Waals surface area contributed by atoms with Crippen LogP contribution >= 0.6 is 0 Å². The highest BCUT2D eigenvalue weighted by Gasteiger charge is 2.25. The minimum Gasteiger partial charge on any atom is -0.328 e. The van der Waals surface area contributed by atoms with Crippen LogP contribution < -0.4 is 11.1 Å². The molecule has 1 amide bonds. The SMILES string of the molecule is CC1CC(N)CCN1CC(=O)Nc1ccccc1[N+](=O)[O-]. The summed E-state index contributed by atoms with van der Waals surface area (Å²) in [4.78, 5) is 24.5. The Morgan fingerprint density at radius 1 is 1.52 bits per heavy atom. The predicted octanol–water partition coefficient (Wildman–Crippen LogP) is 1.34. The van der Waals surface area contributed by atoms with Crippen molar-refractivity contribution >= 4 is 17.3 Å². The van der Waals surface area contributed by atoms with E-state index in [1.54, 1.807) is 12.1 Å². The van der Waals surface area contributed by atoms with Gasteiger partial charge in [0.2, 0.25) is 5.91 Å². The fourth-order valence-corrected chi connectivity index (χ4v) is 2.60. The van der Waals surface area contributed by atoms with Crippen LogP contribution in [0.5, 0.6) is 0 Å². The van der Waals surface area contributed by atoms with Crippen LogP contribution in [0.1, 0.15) is 19.8 Å². The van der Waals surface area contributed by atoms with Crippen molar-refractivity contribution in [2.75, 3.05) is 18.4 Å². The summed E-state index contributed by atoms with van der Waals surface area (Å²) < 4.78 is 0. The molecule has 0 radical (unpaired) electrons. The number of nitrogens with zero attached hydrogens (tertiary/aromatic N) is 2. The van der Waals surface area contributed by atoms with Gasteiger partial charge in [-0.2, -0.15) is 0 Å². The zero-order valence-corrected chi connectivity index (χ0v) is 12.0. The number of amides is 1. The highest BCUT2D eigenvalue weighted by molar-refractivity contribution is 5.94. The molecule has 0 aromatic heterocycles. The number of nitrogens with one attached hydrogen (secondary N) is 1. The van der Waals surface area contributed by atoms with Crippen LogP contribution in [0.15, 0.2) is 24.3 Å². The zero-order valence-electron chi connectivity index (χ0n) is 12.0. The first-order chi connectivity index (χ1) is 9.97. The maximum atomic E-state index is 12.1. The summed E-state index contributed by atoms with van der Waals surface area (Å²) in [5.74, 6) is -0.244. The molecular weight excluding hydrogens is 272 g/mol. The molecule has 1 saturated heterocycles. The van der Waals surface area contributed by atoms with Gasteiger partial charge >= 0.3 is 0 Å². The monoisotopic (exact) mass is 292 g/mol. The molecule has 7 nitrogen and oxygen atoms in total. The van der Waals surface area contributed by atoms with Gasteiger partial charge in [-0.05, 0) is 25.8 Å². The Balaban J connectivity index is 1.98. The van der Waals surface area contributed by atoms with Crippen LogP contribution in [0.25, 0.3) is 0 Å². The first-order valence-corrected chi connectivity index (χ1v) is 7.00. The van der Waals surface area contributed by atoms with E-state index in [1.807, 2.05) is 11.8 Å². The molecule has 0 aliphatic carbocycles. The zero-order chi connectivity index (χ0) is 15.4. The molecule has 7 heteroatoms. The van der Waals surface area contributed by atoms with Crippen LogP contribution in [0.4, 0.5) is 11.4 Å². The Kier molecular flexibility index (Phi) is 4.87. The van der Waals surface area contributed by atoms with Gasteiger partial charge in [0.1, 0.15) is 5.69 Å². The van der Waals surface area contributed by atoms with Crippen LogP contribution in [0.2, 0.25) is 0 Å². The van der Waals surface area contributed by atoms with Gasteiger partial charge < -0.3 is 11.1 Å². The maximum absolute atomic E-state index is 12.1. The summed E-state index contributed by atoms with van der Waals surface area (Å²) in [6.45, 7) is 3.03. The number of carbonyl (C=O) groups is 1. The number of nitro groups is 1. The number of benzene rings is 1. The minimum atomic E-state index is -0.502. The summed E-state index contributed by atoms with van der Waals surface area (Å²) in [5.41, 5.74) is 6.03. The molecule has 2 rings (SSSR count). The fraction of sp³-hybridized carbons (Fsp3) is 0.500. The number of piperidine rings is 1. The van der Waals surface area contributed by atoms with Gasteiger partial charge in [-0.1, -0.05) is 12.1 Å². The van der Waals surface area contributed by atoms with Gasteiger partial charge in [-0.3, -0.25) is 19.8 Å². The van der Waals surface area contributed by atoms with E-state index in [1.165, 1.54) is 12.1 Å². The lowest BCUT2D eigenvalue weighted by Gasteiger charge is -2.35. The van der Waals surface area contributed by atoms with E-state index >= 15 is 0 Å². The highest BCUT2D eigenvalue weighted by Crippen LogP contribution is 2.23. The van der Waals surface area contributed by atoms with Crippen molar-refractivity contribution in [3.05, 3.63) is 34.4 Å². The van der Waals surface area contributed by atoms with Crippen molar-refractivity contribution in [2.24, 2.45) is 5.73 Å². The van der Waals surface area contributed by atoms with Crippen molar-refractivity contribution in [1.82, 2.24) is 4.90 Å². The molecule has 1 aromatic rings. The minimum absolute atomic E-state index is 0.0976. The molecule has 3 N–H and O–H groups in total. The van der Waals surface area contributed by atoms with Crippen LogP contribution in [0.3, 0.4) is 0 Å².